The van der Waals surface area contributed by atoms with Crippen molar-refractivity contribution in [1.82, 2.24) is 9.97 Å². The molecule has 4 rings (SSSR count). The summed E-state index contributed by atoms with van der Waals surface area (Å²) in [7, 11) is -8.09. The van der Waals surface area contributed by atoms with Gasteiger partial charge in [-0.15, -0.1) is 0 Å². The maximum atomic E-state index is 13.4. The fourth-order valence-corrected chi connectivity index (χ4v) is 6.13. The van der Waals surface area contributed by atoms with Crippen LogP contribution in [0, 0.1) is 13.8 Å². The summed E-state index contributed by atoms with van der Waals surface area (Å²) in [6.45, 7) is 2.92. The van der Waals surface area contributed by atoms with E-state index in [0.29, 0.717) is 22.1 Å². The first-order valence-corrected chi connectivity index (χ1v) is 14.8. The molecule has 0 spiro atoms. The van der Waals surface area contributed by atoms with E-state index in [2.05, 4.69) is 20.0 Å². The van der Waals surface area contributed by atoms with Gasteiger partial charge in [0.25, 0.3) is 20.0 Å². The molecule has 4 aromatic rings. The van der Waals surface area contributed by atoms with Gasteiger partial charge in [0.05, 0.1) is 15.5 Å². The van der Waals surface area contributed by atoms with Gasteiger partial charge in [0.15, 0.2) is 0 Å². The molecule has 10 nitrogen and oxygen atoms in total. The Morgan fingerprint density at radius 3 is 1.97 bits per heavy atom. The molecule has 1 amide bonds. The largest absolute Gasteiger partial charge is 0.325 e. The van der Waals surface area contributed by atoms with Crippen LogP contribution in [0.1, 0.15) is 11.4 Å². The molecule has 0 saturated carbocycles. The summed E-state index contributed by atoms with van der Waals surface area (Å²) in [6.07, 6.45) is 0. The maximum Gasteiger partial charge on any atom is 0.264 e. The molecule has 3 aromatic carbocycles. The van der Waals surface area contributed by atoms with Crippen molar-refractivity contribution in [2.75, 3.05) is 20.9 Å². The molecule has 0 aliphatic carbocycles. The summed E-state index contributed by atoms with van der Waals surface area (Å²) in [5.41, 5.74) is 1.80. The van der Waals surface area contributed by atoms with Crippen LogP contribution in [0.4, 0.5) is 17.3 Å². The Morgan fingerprint density at radius 1 is 0.821 bits per heavy atom. The van der Waals surface area contributed by atoms with Crippen molar-refractivity contribution in [2.24, 2.45) is 0 Å². The minimum Gasteiger partial charge on any atom is -0.325 e. The number of halogens is 1. The molecule has 13 heteroatoms. The predicted octanol–water partition coefficient (Wildman–Crippen LogP) is 4.38. The average Bonchev–Trinajstić information content (AvgIpc) is 2.87. The van der Waals surface area contributed by atoms with E-state index in [9.17, 15) is 21.6 Å². The highest BCUT2D eigenvalue weighted by Crippen LogP contribution is 2.25. The minimum absolute atomic E-state index is 0.0293. The molecule has 2 N–H and O–H groups in total. The van der Waals surface area contributed by atoms with Crippen molar-refractivity contribution in [3.63, 3.8) is 0 Å². The topological polar surface area (TPSA) is 138 Å². The third-order valence-corrected chi connectivity index (χ3v) is 8.77. The Labute approximate surface area is 231 Å². The molecule has 39 heavy (non-hydrogen) atoms. The van der Waals surface area contributed by atoms with Crippen molar-refractivity contribution < 1.29 is 21.6 Å². The number of nitrogens with one attached hydrogen (secondary N) is 2. The van der Waals surface area contributed by atoms with Crippen LogP contribution in [-0.4, -0.2) is 39.3 Å². The highest BCUT2D eigenvalue weighted by molar-refractivity contribution is 7.93. The average molecular weight is 586 g/mol. The smallest absolute Gasteiger partial charge is 0.264 e. The summed E-state index contributed by atoms with van der Waals surface area (Å²) in [5.74, 6) is -0.679. The second-order valence-corrected chi connectivity index (χ2v) is 12.4. The molecule has 0 aliphatic heterocycles. The van der Waals surface area contributed by atoms with Crippen LogP contribution in [0.3, 0.4) is 0 Å². The molecule has 1 heterocycles. The van der Waals surface area contributed by atoms with Crippen LogP contribution in [0.25, 0.3) is 0 Å². The lowest BCUT2D eigenvalue weighted by Crippen LogP contribution is -2.38. The lowest BCUT2D eigenvalue weighted by molar-refractivity contribution is -0.114. The molecule has 0 atom stereocenters. The summed E-state index contributed by atoms with van der Waals surface area (Å²) < 4.78 is 55.7. The number of aromatic nitrogens is 2. The first-order chi connectivity index (χ1) is 18.4. The summed E-state index contributed by atoms with van der Waals surface area (Å²) in [5, 5.41) is 2.99. The Balaban J connectivity index is 1.51. The number of carbonyl (C=O) groups excluding carboxylic acids is 1. The van der Waals surface area contributed by atoms with E-state index in [1.54, 1.807) is 50.2 Å². The van der Waals surface area contributed by atoms with Crippen molar-refractivity contribution in [3.8, 4) is 0 Å². The van der Waals surface area contributed by atoms with Crippen molar-refractivity contribution in [3.05, 3.63) is 101 Å². The molecule has 0 unspecified atom stereocenters. The molecular weight excluding hydrogens is 562 g/mol. The van der Waals surface area contributed by atoms with E-state index in [0.717, 1.165) is 4.31 Å². The number of aryl methyl sites for hydroxylation is 2. The maximum absolute atomic E-state index is 13.4. The molecule has 0 radical (unpaired) electrons. The van der Waals surface area contributed by atoms with Crippen molar-refractivity contribution >= 4 is 54.9 Å². The van der Waals surface area contributed by atoms with Crippen molar-refractivity contribution in [2.45, 2.75) is 23.6 Å². The van der Waals surface area contributed by atoms with E-state index in [1.165, 1.54) is 48.5 Å². The van der Waals surface area contributed by atoms with Crippen LogP contribution >= 0.6 is 11.6 Å². The lowest BCUT2D eigenvalue weighted by atomic mass is 10.3. The zero-order valence-corrected chi connectivity index (χ0v) is 23.3. The number of rotatable bonds is 9. The molecule has 0 bridgehead atoms. The van der Waals surface area contributed by atoms with Crippen LogP contribution < -0.4 is 14.3 Å². The number of carbonyl (C=O) groups is 1. The highest BCUT2D eigenvalue weighted by atomic mass is 35.5. The Kier molecular flexibility index (Phi) is 8.19. The van der Waals surface area contributed by atoms with E-state index in [-0.39, 0.29) is 21.4 Å². The first-order valence-electron chi connectivity index (χ1n) is 11.5. The van der Waals surface area contributed by atoms with Crippen LogP contribution in [-0.2, 0) is 24.8 Å². The lowest BCUT2D eigenvalue weighted by Gasteiger charge is -2.24. The Hall–Kier alpha value is -4.00. The SMILES string of the molecule is Cc1cc(C)nc(NS(=O)(=O)c2ccc(NC(=O)CN(c3ccccc3)S(=O)(=O)c3ccc(Cl)cc3)cc2)n1. The summed E-state index contributed by atoms with van der Waals surface area (Å²) in [6, 6.07) is 21.0. The Morgan fingerprint density at radius 2 is 1.38 bits per heavy atom. The van der Waals surface area contributed by atoms with Gasteiger partial charge in [-0.3, -0.25) is 9.10 Å². The number of para-hydroxylation sites is 1. The zero-order chi connectivity index (χ0) is 28.2. The third kappa shape index (κ3) is 6.91. The van der Waals surface area contributed by atoms with Gasteiger partial charge in [0, 0.05) is 22.1 Å². The van der Waals surface area contributed by atoms with Crippen LogP contribution in [0.2, 0.25) is 5.02 Å². The van der Waals surface area contributed by atoms with Gasteiger partial charge in [-0.2, -0.15) is 0 Å². The van der Waals surface area contributed by atoms with Gasteiger partial charge in [0.1, 0.15) is 6.54 Å². The van der Waals surface area contributed by atoms with Gasteiger partial charge < -0.3 is 5.32 Å². The van der Waals surface area contributed by atoms with Crippen LogP contribution in [0.5, 0.6) is 0 Å². The van der Waals surface area contributed by atoms with Gasteiger partial charge >= 0.3 is 0 Å². The highest BCUT2D eigenvalue weighted by Gasteiger charge is 2.27. The number of anilines is 3. The molecular formula is C26H24ClN5O5S2. The van der Waals surface area contributed by atoms with Crippen molar-refractivity contribution in [1.29, 1.82) is 0 Å². The van der Waals surface area contributed by atoms with Crippen LogP contribution in [0.15, 0.2) is 94.7 Å². The molecule has 202 valence electrons. The molecule has 0 aliphatic rings. The second-order valence-electron chi connectivity index (χ2n) is 8.45. The van der Waals surface area contributed by atoms with E-state index in [1.807, 2.05) is 0 Å². The summed E-state index contributed by atoms with van der Waals surface area (Å²) in [4.78, 5) is 21.0. The number of sulfonamides is 2. The number of benzene rings is 3. The fraction of sp³-hybridized carbons (Fsp3) is 0.115. The van der Waals surface area contributed by atoms with Gasteiger partial charge in [-0.05, 0) is 80.6 Å². The normalized spacial score (nSPS) is 11.6. The molecule has 0 fully saturated rings. The van der Waals surface area contributed by atoms with Gasteiger partial charge in [0.2, 0.25) is 11.9 Å². The van der Waals surface area contributed by atoms with Gasteiger partial charge in [-0.1, -0.05) is 29.8 Å². The number of amides is 1. The minimum atomic E-state index is -4.11. The summed E-state index contributed by atoms with van der Waals surface area (Å²) >= 11 is 5.90. The number of nitrogens with zero attached hydrogens (tertiary/aromatic N) is 3. The quantitative estimate of drug-likeness (QED) is 0.297. The molecule has 0 saturated heterocycles. The first kappa shape index (κ1) is 28.0. The molecule has 1 aromatic heterocycles. The fourth-order valence-electron chi connectivity index (χ4n) is 3.64. The number of hydrogen-bond acceptors (Lipinski definition) is 7. The predicted molar refractivity (Wildman–Crippen MR) is 150 cm³/mol. The van der Waals surface area contributed by atoms with E-state index in [4.69, 9.17) is 11.6 Å². The number of hydrogen-bond donors (Lipinski definition) is 2. The second kappa shape index (κ2) is 11.4. The standard InChI is InChI=1S/C26H24ClN5O5S2/c1-18-16-19(2)29-26(28-18)31-38(34,35)23-14-10-21(11-15-23)30-25(33)17-32(22-6-4-3-5-7-22)39(36,37)24-12-8-20(27)9-13-24/h3-16H,17H2,1-2H3,(H,30,33)(H,28,29,31). The van der Waals surface area contributed by atoms with Gasteiger partial charge in [-0.25, -0.2) is 31.5 Å². The van der Waals surface area contributed by atoms with E-state index < -0.39 is 32.5 Å². The zero-order valence-electron chi connectivity index (χ0n) is 20.9. The monoisotopic (exact) mass is 585 g/mol. The third-order valence-electron chi connectivity index (χ3n) is 5.39. The van der Waals surface area contributed by atoms with E-state index >= 15 is 0 Å². The Bertz CT molecular complexity index is 1680.